The third kappa shape index (κ3) is 5.46. The van der Waals surface area contributed by atoms with E-state index in [0.717, 1.165) is 37.9 Å². The molecule has 1 aromatic carbocycles. The van der Waals surface area contributed by atoms with Crippen molar-refractivity contribution >= 4 is 28.2 Å². The van der Waals surface area contributed by atoms with Crippen LogP contribution in [0, 0.1) is 5.92 Å². The van der Waals surface area contributed by atoms with Gasteiger partial charge < -0.3 is 15.0 Å². The molecule has 2 N–H and O–H groups in total. The zero-order valence-electron chi connectivity index (χ0n) is 17.5. The van der Waals surface area contributed by atoms with Gasteiger partial charge in [0.25, 0.3) is 5.91 Å². The smallest absolute Gasteiger partial charge is 0.341 e. The Balaban J connectivity index is 1.74. The molecule has 5 nitrogen and oxygen atoms in total. The van der Waals surface area contributed by atoms with Crippen LogP contribution in [0.3, 0.4) is 0 Å². The number of rotatable bonds is 8. The van der Waals surface area contributed by atoms with Crippen molar-refractivity contribution in [3.05, 3.63) is 51.9 Å². The van der Waals surface area contributed by atoms with E-state index in [1.807, 2.05) is 25.1 Å². The SMILES string of the molecule is CCOC(=O)c1c(NC(=O)C[NH+](CC)Cc2ccccc2)sc2c1CC[C@H](C)C2. The van der Waals surface area contributed by atoms with Gasteiger partial charge in [0, 0.05) is 10.4 Å². The Bertz CT molecular complexity index is 847. The molecular weight excluding hydrogens is 384 g/mol. The van der Waals surface area contributed by atoms with Gasteiger partial charge in [0.05, 0.1) is 18.7 Å². The lowest BCUT2D eigenvalue weighted by molar-refractivity contribution is -0.903. The minimum Gasteiger partial charge on any atom is -0.462 e. The van der Waals surface area contributed by atoms with Gasteiger partial charge in [0.2, 0.25) is 0 Å². The normalized spacial score (nSPS) is 16.7. The summed E-state index contributed by atoms with van der Waals surface area (Å²) in [4.78, 5) is 27.8. The summed E-state index contributed by atoms with van der Waals surface area (Å²) in [7, 11) is 0. The average Bonchev–Trinajstić information content (AvgIpc) is 3.05. The van der Waals surface area contributed by atoms with E-state index in [1.165, 1.54) is 15.3 Å². The molecule has 2 aromatic rings. The van der Waals surface area contributed by atoms with Crippen LogP contribution in [0.4, 0.5) is 5.00 Å². The van der Waals surface area contributed by atoms with Crippen LogP contribution in [0.2, 0.25) is 0 Å². The number of nitrogens with one attached hydrogen (secondary N) is 2. The first-order chi connectivity index (χ1) is 14.0. The van der Waals surface area contributed by atoms with E-state index in [0.29, 0.717) is 29.6 Å². The number of ether oxygens (including phenoxy) is 1. The largest absolute Gasteiger partial charge is 0.462 e. The van der Waals surface area contributed by atoms with Gasteiger partial charge in [0.1, 0.15) is 11.5 Å². The van der Waals surface area contributed by atoms with E-state index in [2.05, 4.69) is 31.3 Å². The van der Waals surface area contributed by atoms with Crippen LogP contribution < -0.4 is 10.2 Å². The van der Waals surface area contributed by atoms with Crippen LogP contribution in [0.25, 0.3) is 0 Å². The van der Waals surface area contributed by atoms with Crippen molar-refractivity contribution in [2.45, 2.75) is 46.6 Å². The number of esters is 1. The molecule has 1 heterocycles. The molecule has 1 amide bonds. The van der Waals surface area contributed by atoms with Crippen LogP contribution >= 0.6 is 11.3 Å². The van der Waals surface area contributed by atoms with Crippen molar-refractivity contribution in [1.29, 1.82) is 0 Å². The summed E-state index contributed by atoms with van der Waals surface area (Å²) in [5.41, 5.74) is 2.86. The molecule has 0 bridgehead atoms. The summed E-state index contributed by atoms with van der Waals surface area (Å²) in [6.45, 7) is 8.48. The maximum atomic E-state index is 12.8. The highest BCUT2D eigenvalue weighted by atomic mass is 32.1. The van der Waals surface area contributed by atoms with Crippen molar-refractivity contribution in [3.8, 4) is 0 Å². The van der Waals surface area contributed by atoms with Crippen LogP contribution in [0.15, 0.2) is 30.3 Å². The lowest BCUT2D eigenvalue weighted by Crippen LogP contribution is -3.11. The highest BCUT2D eigenvalue weighted by molar-refractivity contribution is 7.17. The fraction of sp³-hybridized carbons (Fsp3) is 0.478. The molecule has 0 saturated carbocycles. The molecule has 0 saturated heterocycles. The van der Waals surface area contributed by atoms with Gasteiger partial charge >= 0.3 is 5.97 Å². The highest BCUT2D eigenvalue weighted by Gasteiger charge is 2.29. The van der Waals surface area contributed by atoms with E-state index >= 15 is 0 Å². The minimum absolute atomic E-state index is 0.0602. The van der Waals surface area contributed by atoms with E-state index in [1.54, 1.807) is 11.3 Å². The van der Waals surface area contributed by atoms with Crippen LogP contribution in [0.1, 0.15) is 53.6 Å². The van der Waals surface area contributed by atoms with E-state index < -0.39 is 0 Å². The topological polar surface area (TPSA) is 59.8 Å². The molecule has 1 unspecified atom stereocenters. The first-order valence-corrected chi connectivity index (χ1v) is 11.3. The maximum absolute atomic E-state index is 12.8. The molecule has 0 spiro atoms. The summed E-state index contributed by atoms with van der Waals surface area (Å²) in [6.07, 6.45) is 2.90. The number of thiophene rings is 1. The monoisotopic (exact) mass is 415 g/mol. The first-order valence-electron chi connectivity index (χ1n) is 10.5. The van der Waals surface area contributed by atoms with Gasteiger partial charge in [-0.05, 0) is 44.6 Å². The van der Waals surface area contributed by atoms with Gasteiger partial charge in [-0.3, -0.25) is 4.79 Å². The molecule has 3 rings (SSSR count). The minimum atomic E-state index is -0.321. The second kappa shape index (κ2) is 10.0. The van der Waals surface area contributed by atoms with E-state index in [-0.39, 0.29) is 11.9 Å². The molecule has 29 heavy (non-hydrogen) atoms. The van der Waals surface area contributed by atoms with Gasteiger partial charge in [0.15, 0.2) is 6.54 Å². The number of fused-ring (bicyclic) bond motifs is 1. The molecule has 0 fully saturated rings. The third-order valence-corrected chi connectivity index (χ3v) is 6.62. The summed E-state index contributed by atoms with van der Waals surface area (Å²) in [6, 6.07) is 10.2. The Kier molecular flexibility index (Phi) is 7.45. The number of hydrogen-bond donors (Lipinski definition) is 2. The molecule has 0 radical (unpaired) electrons. The predicted octanol–water partition coefficient (Wildman–Crippen LogP) is 3.09. The number of carbonyl (C=O) groups excluding carboxylic acids is 2. The van der Waals surface area contributed by atoms with Gasteiger partial charge in [-0.2, -0.15) is 0 Å². The first kappa shape index (κ1) is 21.5. The molecule has 1 aromatic heterocycles. The maximum Gasteiger partial charge on any atom is 0.341 e. The lowest BCUT2D eigenvalue weighted by Gasteiger charge is -2.18. The molecule has 1 aliphatic carbocycles. The molecule has 6 heteroatoms. The van der Waals surface area contributed by atoms with Crippen molar-refractivity contribution in [2.24, 2.45) is 5.92 Å². The summed E-state index contributed by atoms with van der Waals surface area (Å²) in [5, 5.41) is 3.69. The van der Waals surface area contributed by atoms with Crippen molar-refractivity contribution in [3.63, 3.8) is 0 Å². The fourth-order valence-corrected chi connectivity index (χ4v) is 5.27. The number of benzene rings is 1. The number of amides is 1. The lowest BCUT2D eigenvalue weighted by atomic mass is 9.88. The number of likely N-dealkylation sites (N-methyl/N-ethyl adjacent to an activating group) is 1. The summed E-state index contributed by atoms with van der Waals surface area (Å²) in [5.74, 6) is 0.222. The standard InChI is InChI=1S/C23H30N2O3S/c1-4-25(14-17-9-7-6-8-10-17)15-20(26)24-22-21(23(27)28-5-2)18-12-11-16(3)13-19(18)29-22/h6-10,16H,4-5,11-15H2,1-3H3,(H,24,26)/p+1/t16-/m0/s1. The zero-order chi connectivity index (χ0) is 20.8. The number of carbonyl (C=O) groups is 2. The van der Waals surface area contributed by atoms with Gasteiger partial charge in [-0.25, -0.2) is 4.79 Å². The van der Waals surface area contributed by atoms with Gasteiger partial charge in [-0.1, -0.05) is 37.3 Å². The molecular formula is C23H31N2O3S+. The van der Waals surface area contributed by atoms with Gasteiger partial charge in [-0.15, -0.1) is 11.3 Å². The number of hydrogen-bond acceptors (Lipinski definition) is 4. The van der Waals surface area contributed by atoms with Crippen molar-refractivity contribution < 1.29 is 19.2 Å². The van der Waals surface area contributed by atoms with E-state index in [4.69, 9.17) is 4.74 Å². The molecule has 2 atom stereocenters. The third-order valence-electron chi connectivity index (χ3n) is 5.45. The highest BCUT2D eigenvalue weighted by Crippen LogP contribution is 2.40. The molecule has 156 valence electrons. The summed E-state index contributed by atoms with van der Waals surface area (Å²) >= 11 is 1.54. The Morgan fingerprint density at radius 2 is 2.00 bits per heavy atom. The van der Waals surface area contributed by atoms with Crippen LogP contribution in [-0.2, 0) is 28.9 Å². The quantitative estimate of drug-likeness (QED) is 0.652. The molecule has 1 aliphatic rings. The second-order valence-corrected chi connectivity index (χ2v) is 8.87. The number of quaternary nitrogens is 1. The zero-order valence-corrected chi connectivity index (χ0v) is 18.4. The Morgan fingerprint density at radius 3 is 2.69 bits per heavy atom. The molecule has 0 aliphatic heterocycles. The Hall–Kier alpha value is -2.18. The summed E-state index contributed by atoms with van der Waals surface area (Å²) < 4.78 is 5.29. The fourth-order valence-electron chi connectivity index (χ4n) is 3.85. The Labute approximate surface area is 177 Å². The Morgan fingerprint density at radius 1 is 1.24 bits per heavy atom. The average molecular weight is 416 g/mol. The predicted molar refractivity (Wildman–Crippen MR) is 117 cm³/mol. The number of anilines is 1. The van der Waals surface area contributed by atoms with Crippen LogP contribution in [0.5, 0.6) is 0 Å². The van der Waals surface area contributed by atoms with Crippen molar-refractivity contribution in [2.75, 3.05) is 25.0 Å². The van der Waals surface area contributed by atoms with E-state index in [9.17, 15) is 9.59 Å². The van der Waals surface area contributed by atoms with Crippen molar-refractivity contribution in [1.82, 2.24) is 0 Å². The second-order valence-electron chi connectivity index (χ2n) is 7.77. The van der Waals surface area contributed by atoms with Crippen LogP contribution in [-0.4, -0.2) is 31.6 Å².